The highest BCUT2D eigenvalue weighted by Gasteiger charge is 2.39. The van der Waals surface area contributed by atoms with Crippen LogP contribution in [0.15, 0.2) is 0 Å². The Labute approximate surface area is 91.0 Å². The first-order chi connectivity index (χ1) is 6.99. The lowest BCUT2D eigenvalue weighted by Gasteiger charge is -2.39. The van der Waals surface area contributed by atoms with E-state index in [2.05, 4.69) is 5.32 Å². The summed E-state index contributed by atoms with van der Waals surface area (Å²) in [6.07, 6.45) is 0.884. The SMILES string of the molecule is CCCN1C(=O)[C@H](C)NC(=O)[C@@H]1C(C)C. The van der Waals surface area contributed by atoms with Gasteiger partial charge in [-0.1, -0.05) is 20.8 Å². The Balaban J connectivity index is 2.90. The predicted molar refractivity (Wildman–Crippen MR) is 58.2 cm³/mol. The number of hydrogen-bond donors (Lipinski definition) is 1. The molecule has 2 atom stereocenters. The Morgan fingerprint density at radius 3 is 2.47 bits per heavy atom. The van der Waals surface area contributed by atoms with Crippen LogP contribution in [-0.4, -0.2) is 35.3 Å². The molecule has 1 saturated heterocycles. The molecule has 0 aromatic carbocycles. The van der Waals surface area contributed by atoms with E-state index in [1.54, 1.807) is 11.8 Å². The zero-order valence-electron chi connectivity index (χ0n) is 9.91. The second kappa shape index (κ2) is 4.64. The smallest absolute Gasteiger partial charge is 0.245 e. The van der Waals surface area contributed by atoms with Crippen molar-refractivity contribution in [3.05, 3.63) is 0 Å². The van der Waals surface area contributed by atoms with Crippen LogP contribution in [0.1, 0.15) is 34.1 Å². The van der Waals surface area contributed by atoms with Crippen molar-refractivity contribution in [3.8, 4) is 0 Å². The van der Waals surface area contributed by atoms with Crippen LogP contribution in [0.5, 0.6) is 0 Å². The summed E-state index contributed by atoms with van der Waals surface area (Å²) in [6, 6.07) is -0.673. The molecule has 1 heterocycles. The number of nitrogens with zero attached hydrogens (tertiary/aromatic N) is 1. The lowest BCUT2D eigenvalue weighted by Crippen LogP contribution is -2.64. The maximum absolute atomic E-state index is 11.9. The Morgan fingerprint density at radius 2 is 2.00 bits per heavy atom. The van der Waals surface area contributed by atoms with Gasteiger partial charge >= 0.3 is 0 Å². The van der Waals surface area contributed by atoms with Crippen LogP contribution >= 0.6 is 0 Å². The molecule has 86 valence electrons. The van der Waals surface area contributed by atoms with Crippen LogP contribution in [-0.2, 0) is 9.59 Å². The summed E-state index contributed by atoms with van der Waals surface area (Å²) in [5.41, 5.74) is 0. The number of hydrogen-bond acceptors (Lipinski definition) is 2. The number of carbonyl (C=O) groups excluding carboxylic acids is 2. The van der Waals surface area contributed by atoms with E-state index < -0.39 is 0 Å². The second-order valence-corrected chi connectivity index (χ2v) is 4.45. The van der Waals surface area contributed by atoms with Gasteiger partial charge in [-0.05, 0) is 19.3 Å². The fourth-order valence-corrected chi connectivity index (χ4v) is 2.04. The molecule has 0 saturated carbocycles. The van der Waals surface area contributed by atoms with Crippen LogP contribution < -0.4 is 5.32 Å². The molecule has 1 aliphatic heterocycles. The lowest BCUT2D eigenvalue weighted by atomic mass is 9.97. The molecule has 4 heteroatoms. The van der Waals surface area contributed by atoms with E-state index >= 15 is 0 Å². The molecule has 0 aromatic rings. The number of rotatable bonds is 3. The third-order valence-electron chi connectivity index (χ3n) is 2.71. The maximum Gasteiger partial charge on any atom is 0.245 e. The average molecular weight is 212 g/mol. The largest absolute Gasteiger partial charge is 0.343 e. The van der Waals surface area contributed by atoms with Gasteiger partial charge in [0.15, 0.2) is 0 Å². The van der Waals surface area contributed by atoms with E-state index in [-0.39, 0.29) is 29.8 Å². The van der Waals surface area contributed by atoms with Crippen LogP contribution in [0.2, 0.25) is 0 Å². The molecule has 1 N–H and O–H groups in total. The van der Waals surface area contributed by atoms with E-state index in [0.29, 0.717) is 6.54 Å². The summed E-state index contributed by atoms with van der Waals surface area (Å²) in [7, 11) is 0. The summed E-state index contributed by atoms with van der Waals surface area (Å²) < 4.78 is 0. The highest BCUT2D eigenvalue weighted by Crippen LogP contribution is 2.17. The monoisotopic (exact) mass is 212 g/mol. The molecule has 0 aromatic heterocycles. The molecular formula is C11H20N2O2. The highest BCUT2D eigenvalue weighted by atomic mass is 16.2. The lowest BCUT2D eigenvalue weighted by molar-refractivity contribution is -0.150. The molecule has 0 unspecified atom stereocenters. The maximum atomic E-state index is 11.9. The first-order valence-corrected chi connectivity index (χ1v) is 5.59. The minimum Gasteiger partial charge on any atom is -0.343 e. The molecular weight excluding hydrogens is 192 g/mol. The number of nitrogens with one attached hydrogen (secondary N) is 1. The van der Waals surface area contributed by atoms with E-state index in [9.17, 15) is 9.59 Å². The Kier molecular flexibility index (Phi) is 3.72. The first kappa shape index (κ1) is 12.0. The van der Waals surface area contributed by atoms with E-state index in [1.165, 1.54) is 0 Å². The molecule has 2 amide bonds. The molecule has 0 aliphatic carbocycles. The van der Waals surface area contributed by atoms with Crippen LogP contribution in [0.3, 0.4) is 0 Å². The van der Waals surface area contributed by atoms with Gasteiger partial charge in [0.2, 0.25) is 11.8 Å². The summed E-state index contributed by atoms with van der Waals surface area (Å²) in [5, 5.41) is 2.72. The minimum atomic E-state index is -0.376. The molecule has 1 fully saturated rings. The van der Waals surface area contributed by atoms with Crippen molar-refractivity contribution in [2.75, 3.05) is 6.54 Å². The molecule has 0 bridgehead atoms. The first-order valence-electron chi connectivity index (χ1n) is 5.59. The third-order valence-corrected chi connectivity index (χ3v) is 2.71. The van der Waals surface area contributed by atoms with Crippen molar-refractivity contribution in [1.29, 1.82) is 0 Å². The minimum absolute atomic E-state index is 0.0226. The van der Waals surface area contributed by atoms with Crippen molar-refractivity contribution < 1.29 is 9.59 Å². The van der Waals surface area contributed by atoms with Crippen molar-refractivity contribution >= 4 is 11.8 Å². The van der Waals surface area contributed by atoms with Crippen LogP contribution in [0, 0.1) is 5.92 Å². The van der Waals surface area contributed by atoms with Gasteiger partial charge in [0.25, 0.3) is 0 Å². The Bertz CT molecular complexity index is 263. The summed E-state index contributed by atoms with van der Waals surface area (Å²) in [5.74, 6) is 0.175. The Hall–Kier alpha value is -1.06. The standard InChI is InChI=1S/C11H20N2O2/c1-5-6-13-9(7(2)3)10(14)12-8(4)11(13)15/h7-9H,5-6H2,1-4H3,(H,12,14)/t8-,9-/m0/s1. The van der Waals surface area contributed by atoms with E-state index in [1.807, 2.05) is 20.8 Å². The fourth-order valence-electron chi connectivity index (χ4n) is 2.04. The van der Waals surface area contributed by atoms with E-state index in [0.717, 1.165) is 6.42 Å². The fraction of sp³-hybridized carbons (Fsp3) is 0.818. The summed E-state index contributed by atoms with van der Waals surface area (Å²) in [6.45, 7) is 8.35. The third kappa shape index (κ3) is 2.30. The molecule has 0 radical (unpaired) electrons. The van der Waals surface area contributed by atoms with Gasteiger partial charge in [0, 0.05) is 6.54 Å². The molecule has 0 spiro atoms. The predicted octanol–water partition coefficient (Wildman–Crippen LogP) is 0.768. The topological polar surface area (TPSA) is 49.4 Å². The van der Waals surface area contributed by atoms with Gasteiger partial charge in [-0.25, -0.2) is 0 Å². The van der Waals surface area contributed by atoms with Gasteiger partial charge in [-0.3, -0.25) is 9.59 Å². The van der Waals surface area contributed by atoms with Crippen LogP contribution in [0.25, 0.3) is 0 Å². The van der Waals surface area contributed by atoms with Crippen molar-refractivity contribution in [2.45, 2.75) is 46.2 Å². The number of piperazine rings is 1. The zero-order valence-corrected chi connectivity index (χ0v) is 9.91. The van der Waals surface area contributed by atoms with Crippen molar-refractivity contribution in [3.63, 3.8) is 0 Å². The normalized spacial score (nSPS) is 27.1. The number of amides is 2. The quantitative estimate of drug-likeness (QED) is 0.751. The van der Waals surface area contributed by atoms with Gasteiger partial charge < -0.3 is 10.2 Å². The second-order valence-electron chi connectivity index (χ2n) is 4.45. The summed E-state index contributed by atoms with van der Waals surface area (Å²) in [4.78, 5) is 25.4. The van der Waals surface area contributed by atoms with Gasteiger partial charge in [0.05, 0.1) is 0 Å². The summed E-state index contributed by atoms with van der Waals surface area (Å²) >= 11 is 0. The van der Waals surface area contributed by atoms with E-state index in [4.69, 9.17) is 0 Å². The molecule has 15 heavy (non-hydrogen) atoms. The molecule has 4 nitrogen and oxygen atoms in total. The van der Waals surface area contributed by atoms with Crippen LogP contribution in [0.4, 0.5) is 0 Å². The molecule has 1 rings (SSSR count). The van der Waals surface area contributed by atoms with Gasteiger partial charge in [-0.15, -0.1) is 0 Å². The van der Waals surface area contributed by atoms with Crippen molar-refractivity contribution in [2.24, 2.45) is 5.92 Å². The molecule has 1 aliphatic rings. The zero-order chi connectivity index (χ0) is 11.6. The number of carbonyl (C=O) groups is 2. The van der Waals surface area contributed by atoms with Gasteiger partial charge in [0.1, 0.15) is 12.1 Å². The average Bonchev–Trinajstić information content (AvgIpc) is 2.13. The van der Waals surface area contributed by atoms with Gasteiger partial charge in [-0.2, -0.15) is 0 Å². The highest BCUT2D eigenvalue weighted by molar-refractivity contribution is 5.96. The Morgan fingerprint density at radius 1 is 1.40 bits per heavy atom. The van der Waals surface area contributed by atoms with Crippen molar-refractivity contribution in [1.82, 2.24) is 10.2 Å².